The summed E-state index contributed by atoms with van der Waals surface area (Å²) in [7, 11) is 0. The number of fused-ring (bicyclic) bond motifs is 1. The van der Waals surface area contributed by atoms with E-state index in [0.29, 0.717) is 5.92 Å². The lowest BCUT2D eigenvalue weighted by atomic mass is 9.73. The number of carbonyl (C=O) groups excluding carboxylic acids is 2. The van der Waals surface area contributed by atoms with Gasteiger partial charge in [0.15, 0.2) is 0 Å². The Kier molecular flexibility index (Phi) is 8.65. The van der Waals surface area contributed by atoms with E-state index in [1.807, 2.05) is 32.2 Å². The lowest BCUT2D eigenvalue weighted by Gasteiger charge is -2.34. The molecule has 3 rings (SSSR count). The largest absolute Gasteiger partial charge is 0.458 e. The van der Waals surface area contributed by atoms with E-state index in [-0.39, 0.29) is 23.5 Å². The summed E-state index contributed by atoms with van der Waals surface area (Å²) in [6.07, 6.45) is 4.06. The van der Waals surface area contributed by atoms with Gasteiger partial charge in [0.2, 0.25) is 0 Å². The van der Waals surface area contributed by atoms with Crippen molar-refractivity contribution in [1.82, 2.24) is 4.98 Å². The van der Waals surface area contributed by atoms with Crippen LogP contribution in [-0.4, -0.2) is 45.3 Å². The molecule has 1 unspecified atom stereocenters. The fourth-order valence-corrected chi connectivity index (χ4v) is 6.12. The third-order valence-corrected chi connectivity index (χ3v) is 9.37. The van der Waals surface area contributed by atoms with Crippen molar-refractivity contribution in [3.63, 3.8) is 0 Å². The van der Waals surface area contributed by atoms with E-state index in [4.69, 9.17) is 4.74 Å². The number of hydrogen-bond acceptors (Lipinski definition) is 7. The standard InChI is InChI=1S/C28H43NO5S/c1-16-9-8-10-28(7)14-20(28)12-22(17(2)11-21-15-35-19(4)29-21)34-24(31)13-23(30)27(5,6)26(33)18(3)25(16)32/h11,15-16,18,20,22-23,25,30,32H,8-10,12-14H2,1-7H3/b17-11+/t16-,18+,20+,22?,23-,25-,28-/m0/s1. The molecule has 1 aliphatic carbocycles. The minimum absolute atomic E-state index is 0.0138. The van der Waals surface area contributed by atoms with E-state index in [9.17, 15) is 19.8 Å². The van der Waals surface area contributed by atoms with Crippen LogP contribution in [0.1, 0.15) is 90.8 Å². The molecule has 6 nitrogen and oxygen atoms in total. The zero-order valence-corrected chi connectivity index (χ0v) is 23.2. The highest BCUT2D eigenvalue weighted by Crippen LogP contribution is 2.58. The van der Waals surface area contributed by atoms with Crippen LogP contribution in [-0.2, 0) is 14.3 Å². The molecule has 0 bridgehead atoms. The van der Waals surface area contributed by atoms with E-state index < -0.39 is 35.6 Å². The van der Waals surface area contributed by atoms with Gasteiger partial charge >= 0.3 is 5.97 Å². The molecule has 1 aromatic heterocycles. The molecule has 7 atom stereocenters. The summed E-state index contributed by atoms with van der Waals surface area (Å²) < 4.78 is 5.95. The van der Waals surface area contributed by atoms with Crippen LogP contribution in [0.4, 0.5) is 0 Å². The molecule has 2 fully saturated rings. The molecule has 7 heteroatoms. The van der Waals surface area contributed by atoms with E-state index in [1.165, 1.54) is 0 Å². The monoisotopic (exact) mass is 505 g/mol. The van der Waals surface area contributed by atoms with Crippen molar-refractivity contribution >= 4 is 29.2 Å². The Hall–Kier alpha value is -1.57. The van der Waals surface area contributed by atoms with E-state index >= 15 is 0 Å². The Morgan fingerprint density at radius 2 is 1.91 bits per heavy atom. The molecule has 0 amide bonds. The zero-order valence-electron chi connectivity index (χ0n) is 22.3. The lowest BCUT2D eigenvalue weighted by molar-refractivity contribution is -0.154. The number of esters is 1. The van der Waals surface area contributed by atoms with Crippen molar-refractivity contribution in [2.24, 2.45) is 28.6 Å². The van der Waals surface area contributed by atoms with E-state index in [0.717, 1.165) is 48.4 Å². The summed E-state index contributed by atoms with van der Waals surface area (Å²) in [4.78, 5) is 30.7. The van der Waals surface area contributed by atoms with Crippen LogP contribution < -0.4 is 0 Å². The van der Waals surface area contributed by atoms with Gasteiger partial charge in [-0.2, -0.15) is 0 Å². The van der Waals surface area contributed by atoms with Crippen molar-refractivity contribution in [3.05, 3.63) is 21.7 Å². The summed E-state index contributed by atoms with van der Waals surface area (Å²) in [5.41, 5.74) is 0.825. The number of aliphatic hydroxyl groups is 2. The minimum atomic E-state index is -1.20. The van der Waals surface area contributed by atoms with Crippen molar-refractivity contribution in [3.8, 4) is 0 Å². The average molecular weight is 506 g/mol. The van der Waals surface area contributed by atoms with E-state index in [2.05, 4.69) is 11.9 Å². The van der Waals surface area contributed by atoms with Gasteiger partial charge < -0.3 is 14.9 Å². The molecule has 0 radical (unpaired) electrons. The highest BCUT2D eigenvalue weighted by Gasteiger charge is 2.50. The molecule has 196 valence electrons. The molecule has 2 N–H and O–H groups in total. The fraction of sp³-hybridized carbons (Fsp3) is 0.750. The van der Waals surface area contributed by atoms with Gasteiger partial charge in [-0.1, -0.05) is 41.0 Å². The molecule has 35 heavy (non-hydrogen) atoms. The second-order valence-corrected chi connectivity index (χ2v) is 13.0. The molecule has 2 aliphatic rings. The number of cyclic esters (lactones) is 1. The number of hydrogen-bond donors (Lipinski definition) is 2. The number of ketones is 1. The Morgan fingerprint density at radius 3 is 2.54 bits per heavy atom. The van der Waals surface area contributed by atoms with Crippen molar-refractivity contribution < 1.29 is 24.5 Å². The van der Waals surface area contributed by atoms with Gasteiger partial charge in [-0.05, 0) is 68.4 Å². The van der Waals surface area contributed by atoms with Crippen LogP contribution in [0.3, 0.4) is 0 Å². The van der Waals surface area contributed by atoms with Crippen LogP contribution in [0.2, 0.25) is 0 Å². The molecule has 0 aromatic carbocycles. The Balaban J connectivity index is 1.85. The van der Waals surface area contributed by atoms with Crippen LogP contribution >= 0.6 is 11.3 Å². The van der Waals surface area contributed by atoms with Gasteiger partial charge in [0.1, 0.15) is 11.9 Å². The smallest absolute Gasteiger partial charge is 0.309 e. The molecule has 1 saturated carbocycles. The van der Waals surface area contributed by atoms with Gasteiger partial charge in [0.05, 0.1) is 34.7 Å². The molecule has 1 aliphatic heterocycles. The van der Waals surface area contributed by atoms with Crippen LogP contribution in [0.25, 0.3) is 6.08 Å². The second-order valence-electron chi connectivity index (χ2n) is 11.9. The molecular weight excluding hydrogens is 462 g/mol. The summed E-state index contributed by atoms with van der Waals surface area (Å²) in [6.45, 7) is 13.2. The first-order chi connectivity index (χ1) is 16.2. The average Bonchev–Trinajstić information content (AvgIpc) is 3.22. The zero-order chi connectivity index (χ0) is 26.1. The highest BCUT2D eigenvalue weighted by atomic mass is 32.1. The molecule has 1 saturated heterocycles. The first-order valence-corrected chi connectivity index (χ1v) is 13.8. The molecule has 1 aromatic rings. The molecule has 0 spiro atoms. The maximum atomic E-state index is 13.2. The second kappa shape index (κ2) is 10.8. The predicted octanol–water partition coefficient (Wildman–Crippen LogP) is 5.35. The highest BCUT2D eigenvalue weighted by molar-refractivity contribution is 7.09. The van der Waals surface area contributed by atoms with Gasteiger partial charge in [-0.3, -0.25) is 9.59 Å². The van der Waals surface area contributed by atoms with Crippen molar-refractivity contribution in [1.29, 1.82) is 0 Å². The Bertz CT molecular complexity index is 953. The lowest BCUT2D eigenvalue weighted by Crippen LogP contribution is -2.45. The Morgan fingerprint density at radius 1 is 1.23 bits per heavy atom. The SMILES string of the molecule is C/C(=C\c1csc(C)n1)C1C[C@@H]2C[C@]2(C)CCC[C@H](C)[C@H](O)[C@@H](C)C(=O)C(C)(C)[C@@H](O)CC(=O)O1. The number of nitrogens with zero attached hydrogens (tertiary/aromatic N) is 1. The third kappa shape index (κ3) is 6.60. The van der Waals surface area contributed by atoms with Gasteiger partial charge in [0, 0.05) is 11.3 Å². The summed E-state index contributed by atoms with van der Waals surface area (Å²) in [5.74, 6) is -0.926. The number of rotatable bonds is 2. The fourth-order valence-electron chi connectivity index (χ4n) is 5.55. The van der Waals surface area contributed by atoms with Gasteiger partial charge in [-0.25, -0.2) is 4.98 Å². The normalized spacial score (nSPS) is 37.5. The number of aromatic nitrogens is 1. The predicted molar refractivity (Wildman–Crippen MR) is 139 cm³/mol. The van der Waals surface area contributed by atoms with Crippen LogP contribution in [0.15, 0.2) is 11.0 Å². The van der Waals surface area contributed by atoms with Gasteiger partial charge in [-0.15, -0.1) is 11.3 Å². The number of thiazole rings is 1. The van der Waals surface area contributed by atoms with Crippen LogP contribution in [0.5, 0.6) is 0 Å². The first kappa shape index (κ1) is 28.0. The number of Topliss-reactive ketones (excluding diaryl/α,β-unsaturated/α-hetero) is 1. The Labute approximate surface area is 214 Å². The summed E-state index contributed by atoms with van der Waals surface area (Å²) in [5, 5.41) is 24.7. The summed E-state index contributed by atoms with van der Waals surface area (Å²) >= 11 is 1.58. The van der Waals surface area contributed by atoms with Gasteiger partial charge in [0.25, 0.3) is 0 Å². The maximum absolute atomic E-state index is 13.2. The number of carbonyl (C=O) groups is 2. The minimum Gasteiger partial charge on any atom is -0.458 e. The maximum Gasteiger partial charge on any atom is 0.309 e. The van der Waals surface area contributed by atoms with Crippen LogP contribution in [0, 0.1) is 35.5 Å². The topological polar surface area (TPSA) is 96.7 Å². The third-order valence-electron chi connectivity index (χ3n) is 8.58. The van der Waals surface area contributed by atoms with E-state index in [1.54, 1.807) is 32.1 Å². The first-order valence-electron chi connectivity index (χ1n) is 12.9. The number of ether oxygens (including phenoxy) is 1. The molecular formula is C28H43NO5S. The number of aliphatic hydroxyl groups excluding tert-OH is 2. The van der Waals surface area contributed by atoms with Crippen molar-refractivity contribution in [2.45, 2.75) is 105 Å². The summed E-state index contributed by atoms with van der Waals surface area (Å²) in [6, 6.07) is 0. The quantitative estimate of drug-likeness (QED) is 0.526. The molecule has 2 heterocycles. The van der Waals surface area contributed by atoms with Crippen molar-refractivity contribution in [2.75, 3.05) is 0 Å². The number of aryl methyl sites for hydroxylation is 1.